The molecule has 0 bridgehead atoms. The number of aromatic nitrogens is 3. The number of piperazine rings is 1. The molecule has 0 radical (unpaired) electrons. The van der Waals surface area contributed by atoms with Crippen LogP contribution < -0.4 is 15.6 Å². The van der Waals surface area contributed by atoms with Crippen LogP contribution >= 0.6 is 0 Å². The molecule has 9 nitrogen and oxygen atoms in total. The quantitative estimate of drug-likeness (QED) is 0.668. The van der Waals surface area contributed by atoms with Crippen LogP contribution in [-0.2, 0) is 4.74 Å². The van der Waals surface area contributed by atoms with E-state index in [4.69, 9.17) is 4.74 Å². The first-order valence-corrected chi connectivity index (χ1v) is 10.2. The zero-order valence-electron chi connectivity index (χ0n) is 17.9. The van der Waals surface area contributed by atoms with Crippen LogP contribution in [0.1, 0.15) is 20.8 Å². The average molecular weight is 422 g/mol. The van der Waals surface area contributed by atoms with E-state index in [9.17, 15) is 9.59 Å². The van der Waals surface area contributed by atoms with Crippen LogP contribution in [0.15, 0.2) is 47.5 Å². The minimum absolute atomic E-state index is 0.0709. The Labute approximate surface area is 180 Å². The summed E-state index contributed by atoms with van der Waals surface area (Å²) in [5.41, 5.74) is 0.963. The molecule has 1 saturated heterocycles. The molecule has 1 aliphatic heterocycles. The van der Waals surface area contributed by atoms with Gasteiger partial charge in [0, 0.05) is 56.4 Å². The Hall–Kier alpha value is -3.62. The molecule has 4 rings (SSSR count). The summed E-state index contributed by atoms with van der Waals surface area (Å²) in [6, 6.07) is 8.86. The summed E-state index contributed by atoms with van der Waals surface area (Å²) >= 11 is 0. The van der Waals surface area contributed by atoms with E-state index in [1.54, 1.807) is 29.4 Å². The smallest absolute Gasteiger partial charge is 0.410 e. The Balaban J connectivity index is 1.42. The van der Waals surface area contributed by atoms with Gasteiger partial charge in [-0.05, 0) is 39.0 Å². The van der Waals surface area contributed by atoms with E-state index >= 15 is 0 Å². The second-order valence-electron chi connectivity index (χ2n) is 8.41. The summed E-state index contributed by atoms with van der Waals surface area (Å²) in [7, 11) is 0. The summed E-state index contributed by atoms with van der Waals surface area (Å²) in [6.07, 6.45) is 3.04. The van der Waals surface area contributed by atoms with Crippen molar-refractivity contribution in [2.24, 2.45) is 0 Å². The highest BCUT2D eigenvalue weighted by atomic mass is 16.6. The molecule has 162 valence electrons. The summed E-state index contributed by atoms with van der Waals surface area (Å²) in [4.78, 5) is 39.9. The Morgan fingerprint density at radius 1 is 1.10 bits per heavy atom. The number of pyridine rings is 3. The van der Waals surface area contributed by atoms with Gasteiger partial charge in [-0.3, -0.25) is 4.79 Å². The number of amides is 1. The molecule has 31 heavy (non-hydrogen) atoms. The normalized spacial score (nSPS) is 14.5. The van der Waals surface area contributed by atoms with Gasteiger partial charge in [-0.2, -0.15) is 0 Å². The molecule has 1 aliphatic rings. The lowest BCUT2D eigenvalue weighted by atomic mass is 10.2. The molecule has 1 amide bonds. The Kier molecular flexibility index (Phi) is 5.50. The third-order valence-corrected chi connectivity index (χ3v) is 4.91. The highest BCUT2D eigenvalue weighted by Crippen LogP contribution is 2.22. The van der Waals surface area contributed by atoms with Crippen molar-refractivity contribution < 1.29 is 9.53 Å². The van der Waals surface area contributed by atoms with E-state index in [0.717, 1.165) is 5.69 Å². The number of ether oxygens (including phenoxy) is 1. The van der Waals surface area contributed by atoms with Crippen LogP contribution in [0, 0.1) is 0 Å². The first kappa shape index (κ1) is 20.6. The van der Waals surface area contributed by atoms with Crippen molar-refractivity contribution in [1.29, 1.82) is 0 Å². The van der Waals surface area contributed by atoms with E-state index in [-0.39, 0.29) is 11.5 Å². The summed E-state index contributed by atoms with van der Waals surface area (Å²) in [6.45, 7) is 8.22. The Morgan fingerprint density at radius 3 is 2.61 bits per heavy atom. The molecule has 0 spiro atoms. The maximum atomic E-state index is 12.3. The number of hydrogen-bond acceptors (Lipinski definition) is 7. The molecule has 0 unspecified atom stereocenters. The van der Waals surface area contributed by atoms with E-state index < -0.39 is 5.60 Å². The fraction of sp³-hybridized carbons (Fsp3) is 0.364. The molecule has 0 atom stereocenters. The predicted octanol–water partition coefficient (Wildman–Crippen LogP) is 3.12. The topological polar surface area (TPSA) is 103 Å². The summed E-state index contributed by atoms with van der Waals surface area (Å²) in [5, 5.41) is 3.73. The number of aromatic amines is 1. The standard InChI is InChI=1S/C22H26N6O3/c1-22(2,3)31-21(30)28-12-10-27(11-13-28)15-6-8-23-19(14-15)25-18-5-4-16-17(29)7-9-24-20(16)26-18/h4-9,14H,10-13H2,1-3H3,(H2,23,24,25,26,29). The number of nitrogens with zero attached hydrogens (tertiary/aromatic N) is 4. The molecule has 2 N–H and O–H groups in total. The van der Waals surface area contributed by atoms with Crippen molar-refractivity contribution in [3.8, 4) is 0 Å². The molecule has 3 aromatic rings. The first-order valence-electron chi connectivity index (χ1n) is 10.2. The Bertz CT molecular complexity index is 1150. The van der Waals surface area contributed by atoms with Gasteiger partial charge in [0.25, 0.3) is 0 Å². The summed E-state index contributed by atoms with van der Waals surface area (Å²) in [5.74, 6) is 1.24. The first-order chi connectivity index (χ1) is 14.8. The molecular formula is C22H26N6O3. The number of nitrogens with one attached hydrogen (secondary N) is 2. The fourth-order valence-corrected chi connectivity index (χ4v) is 3.41. The van der Waals surface area contributed by atoms with Crippen molar-refractivity contribution in [1.82, 2.24) is 19.9 Å². The van der Waals surface area contributed by atoms with Crippen LogP contribution in [0.4, 0.5) is 22.1 Å². The highest BCUT2D eigenvalue weighted by molar-refractivity contribution is 5.77. The lowest BCUT2D eigenvalue weighted by molar-refractivity contribution is 0.0240. The van der Waals surface area contributed by atoms with E-state index in [0.29, 0.717) is 48.8 Å². The van der Waals surface area contributed by atoms with Crippen LogP contribution in [0.25, 0.3) is 11.0 Å². The van der Waals surface area contributed by atoms with Gasteiger partial charge in [-0.1, -0.05) is 0 Å². The van der Waals surface area contributed by atoms with Gasteiger partial charge in [0.2, 0.25) is 0 Å². The fourth-order valence-electron chi connectivity index (χ4n) is 3.41. The van der Waals surface area contributed by atoms with Crippen LogP contribution in [0.2, 0.25) is 0 Å². The number of carbonyl (C=O) groups excluding carboxylic acids is 1. The van der Waals surface area contributed by atoms with Gasteiger partial charge < -0.3 is 24.8 Å². The lowest BCUT2D eigenvalue weighted by Crippen LogP contribution is -2.50. The SMILES string of the molecule is CC(C)(C)OC(=O)N1CCN(c2ccnc(Nc3ccc4c(=O)cc[nH]c4n3)c2)CC1. The lowest BCUT2D eigenvalue weighted by Gasteiger charge is -2.36. The third kappa shape index (κ3) is 4.93. The van der Waals surface area contributed by atoms with Gasteiger partial charge in [-0.15, -0.1) is 0 Å². The highest BCUT2D eigenvalue weighted by Gasteiger charge is 2.26. The number of carbonyl (C=O) groups is 1. The molecule has 3 aromatic heterocycles. The van der Waals surface area contributed by atoms with E-state index in [1.807, 2.05) is 32.9 Å². The predicted molar refractivity (Wildman–Crippen MR) is 120 cm³/mol. The van der Waals surface area contributed by atoms with Crippen molar-refractivity contribution in [3.63, 3.8) is 0 Å². The maximum absolute atomic E-state index is 12.3. The van der Waals surface area contributed by atoms with Gasteiger partial charge in [-0.25, -0.2) is 14.8 Å². The molecule has 4 heterocycles. The average Bonchev–Trinajstić information content (AvgIpc) is 2.73. The number of fused-ring (bicyclic) bond motifs is 1. The van der Waals surface area contributed by atoms with E-state index in [1.165, 1.54) is 6.07 Å². The molecule has 0 aliphatic carbocycles. The largest absolute Gasteiger partial charge is 0.444 e. The number of hydrogen-bond donors (Lipinski definition) is 2. The van der Waals surface area contributed by atoms with Gasteiger partial charge >= 0.3 is 6.09 Å². The monoisotopic (exact) mass is 422 g/mol. The third-order valence-electron chi connectivity index (χ3n) is 4.91. The second-order valence-corrected chi connectivity index (χ2v) is 8.41. The maximum Gasteiger partial charge on any atom is 0.410 e. The molecule has 9 heteroatoms. The van der Waals surface area contributed by atoms with Crippen molar-refractivity contribution in [3.05, 3.63) is 52.9 Å². The van der Waals surface area contributed by atoms with Crippen LogP contribution in [0.3, 0.4) is 0 Å². The van der Waals surface area contributed by atoms with Crippen LogP contribution in [0.5, 0.6) is 0 Å². The zero-order chi connectivity index (χ0) is 22.0. The summed E-state index contributed by atoms with van der Waals surface area (Å²) < 4.78 is 5.46. The van der Waals surface area contributed by atoms with Crippen molar-refractivity contribution in [2.45, 2.75) is 26.4 Å². The second kappa shape index (κ2) is 8.25. The minimum Gasteiger partial charge on any atom is -0.444 e. The molecule has 0 aromatic carbocycles. The number of rotatable bonds is 3. The number of anilines is 3. The molecular weight excluding hydrogens is 396 g/mol. The van der Waals surface area contributed by atoms with Gasteiger partial charge in [0.1, 0.15) is 22.9 Å². The van der Waals surface area contributed by atoms with Gasteiger partial charge in [0.15, 0.2) is 5.43 Å². The Morgan fingerprint density at radius 2 is 1.87 bits per heavy atom. The molecule has 0 saturated carbocycles. The molecule has 1 fully saturated rings. The number of H-pyrrole nitrogens is 1. The van der Waals surface area contributed by atoms with Crippen molar-refractivity contribution in [2.75, 3.05) is 36.4 Å². The van der Waals surface area contributed by atoms with Crippen LogP contribution in [-0.4, -0.2) is 57.7 Å². The van der Waals surface area contributed by atoms with Gasteiger partial charge in [0.05, 0.1) is 5.39 Å². The van der Waals surface area contributed by atoms with E-state index in [2.05, 4.69) is 25.2 Å². The zero-order valence-corrected chi connectivity index (χ0v) is 17.9. The van der Waals surface area contributed by atoms with Crippen molar-refractivity contribution >= 4 is 34.4 Å². The minimum atomic E-state index is -0.496.